The smallest absolute Gasteiger partial charge is 0.305 e. The van der Waals surface area contributed by atoms with Crippen molar-refractivity contribution < 1.29 is 14.4 Å². The third kappa shape index (κ3) is 2.97. The molecule has 70 valence electrons. The predicted molar refractivity (Wildman–Crippen MR) is 43.5 cm³/mol. The maximum Gasteiger partial charge on any atom is 0.305 e. The van der Waals surface area contributed by atoms with E-state index in [0.29, 0.717) is 12.8 Å². The molecule has 2 atom stereocenters. The molecule has 0 saturated carbocycles. The maximum absolute atomic E-state index is 10.7. The van der Waals surface area contributed by atoms with Crippen molar-refractivity contribution in [1.82, 2.24) is 5.48 Å². The lowest BCUT2D eigenvalue weighted by molar-refractivity contribution is -0.141. The minimum atomic E-state index is -0.211. The standard InChI is InChI=1S/C7H12ClNO3/c1-11-7(10)3-2-5-4-6(8)9-12-5/h5-6,9H,2-4H2,1H3/t5-,6+/m0/s1. The Morgan fingerprint density at radius 1 is 1.83 bits per heavy atom. The molecular formula is C7H12ClNO3. The number of carbonyl (C=O) groups is 1. The van der Waals surface area contributed by atoms with Gasteiger partial charge in [0.15, 0.2) is 0 Å². The van der Waals surface area contributed by atoms with Gasteiger partial charge < -0.3 is 4.74 Å². The molecule has 1 saturated heterocycles. The summed E-state index contributed by atoms with van der Waals surface area (Å²) in [5, 5.41) is 0. The topological polar surface area (TPSA) is 47.6 Å². The van der Waals surface area contributed by atoms with E-state index < -0.39 is 0 Å². The highest BCUT2D eigenvalue weighted by atomic mass is 35.5. The van der Waals surface area contributed by atoms with Crippen LogP contribution in [0, 0.1) is 0 Å². The van der Waals surface area contributed by atoms with Crippen LogP contribution in [0.1, 0.15) is 19.3 Å². The van der Waals surface area contributed by atoms with Crippen LogP contribution in [0.5, 0.6) is 0 Å². The SMILES string of the molecule is COC(=O)CC[C@H]1C[C@H](Cl)NO1. The number of esters is 1. The molecule has 0 spiro atoms. The van der Waals surface area contributed by atoms with Crippen molar-refractivity contribution in [3.63, 3.8) is 0 Å². The van der Waals surface area contributed by atoms with E-state index in [1.807, 2.05) is 0 Å². The first kappa shape index (κ1) is 9.77. The van der Waals surface area contributed by atoms with Crippen molar-refractivity contribution in [2.24, 2.45) is 0 Å². The molecule has 0 unspecified atom stereocenters. The Kier molecular flexibility index (Phi) is 3.78. The van der Waals surface area contributed by atoms with Crippen molar-refractivity contribution in [3.05, 3.63) is 0 Å². The molecule has 1 aliphatic rings. The number of ether oxygens (including phenoxy) is 1. The third-order valence-electron chi connectivity index (χ3n) is 1.73. The Bertz CT molecular complexity index is 165. The Balaban J connectivity index is 2.11. The molecule has 0 amide bonds. The zero-order valence-corrected chi connectivity index (χ0v) is 7.63. The first-order chi connectivity index (χ1) is 5.72. The number of hydroxylamine groups is 1. The average molecular weight is 194 g/mol. The summed E-state index contributed by atoms with van der Waals surface area (Å²) in [6.45, 7) is 0. The van der Waals surface area contributed by atoms with Gasteiger partial charge in [-0.3, -0.25) is 9.63 Å². The molecule has 1 heterocycles. The molecule has 0 aromatic carbocycles. The molecule has 0 aromatic rings. The number of hydrogen-bond acceptors (Lipinski definition) is 4. The highest BCUT2D eigenvalue weighted by molar-refractivity contribution is 6.20. The van der Waals surface area contributed by atoms with Gasteiger partial charge in [0.1, 0.15) is 5.50 Å². The first-order valence-corrected chi connectivity index (χ1v) is 4.28. The van der Waals surface area contributed by atoms with E-state index in [4.69, 9.17) is 16.4 Å². The van der Waals surface area contributed by atoms with Crippen LogP contribution in [0.25, 0.3) is 0 Å². The number of carbonyl (C=O) groups excluding carboxylic acids is 1. The molecule has 1 rings (SSSR count). The fourth-order valence-corrected chi connectivity index (χ4v) is 1.30. The minimum absolute atomic E-state index is 0.0339. The summed E-state index contributed by atoms with van der Waals surface area (Å²) in [5.41, 5.74) is 2.49. The average Bonchev–Trinajstić information content (AvgIpc) is 2.47. The summed E-state index contributed by atoms with van der Waals surface area (Å²) in [6.07, 6.45) is 1.81. The number of nitrogens with one attached hydrogen (secondary N) is 1. The molecule has 12 heavy (non-hydrogen) atoms. The van der Waals surface area contributed by atoms with Gasteiger partial charge in [-0.2, -0.15) is 5.48 Å². The number of alkyl halides is 1. The molecule has 0 aromatic heterocycles. The molecule has 0 aliphatic carbocycles. The summed E-state index contributed by atoms with van der Waals surface area (Å²) in [6, 6.07) is 0. The second-order valence-electron chi connectivity index (χ2n) is 2.68. The van der Waals surface area contributed by atoms with E-state index in [9.17, 15) is 4.79 Å². The Hall–Kier alpha value is -0.320. The monoisotopic (exact) mass is 193 g/mol. The maximum atomic E-state index is 10.7. The predicted octanol–water partition coefficient (Wildman–Crippen LogP) is 0.798. The van der Waals surface area contributed by atoms with Crippen LogP contribution in [0.3, 0.4) is 0 Å². The van der Waals surface area contributed by atoms with Crippen LogP contribution >= 0.6 is 11.6 Å². The molecule has 5 heteroatoms. The minimum Gasteiger partial charge on any atom is -0.469 e. The van der Waals surface area contributed by atoms with Gasteiger partial charge in [0, 0.05) is 12.8 Å². The van der Waals surface area contributed by atoms with E-state index in [1.165, 1.54) is 7.11 Å². The number of methoxy groups -OCH3 is 1. The Morgan fingerprint density at radius 2 is 2.58 bits per heavy atom. The van der Waals surface area contributed by atoms with Crippen LogP contribution in [-0.2, 0) is 14.4 Å². The molecule has 0 radical (unpaired) electrons. The van der Waals surface area contributed by atoms with Crippen LogP contribution in [-0.4, -0.2) is 24.7 Å². The van der Waals surface area contributed by atoms with Crippen molar-refractivity contribution in [1.29, 1.82) is 0 Å². The zero-order chi connectivity index (χ0) is 8.97. The van der Waals surface area contributed by atoms with Crippen molar-refractivity contribution in [3.8, 4) is 0 Å². The Morgan fingerprint density at radius 3 is 3.08 bits per heavy atom. The normalized spacial score (nSPS) is 28.8. The number of rotatable bonds is 3. The summed E-state index contributed by atoms with van der Waals surface area (Å²) in [7, 11) is 1.38. The van der Waals surface area contributed by atoms with E-state index in [2.05, 4.69) is 10.2 Å². The lowest BCUT2D eigenvalue weighted by Gasteiger charge is -2.05. The molecule has 1 fully saturated rings. The van der Waals surface area contributed by atoms with E-state index >= 15 is 0 Å². The first-order valence-electron chi connectivity index (χ1n) is 3.84. The van der Waals surface area contributed by atoms with E-state index in [-0.39, 0.29) is 17.6 Å². The summed E-state index contributed by atoms with van der Waals surface area (Å²) in [5.74, 6) is -0.211. The van der Waals surface area contributed by atoms with Gasteiger partial charge in [0.25, 0.3) is 0 Å². The van der Waals surface area contributed by atoms with Crippen LogP contribution in [0.2, 0.25) is 0 Å². The molecular weight excluding hydrogens is 182 g/mol. The van der Waals surface area contributed by atoms with Gasteiger partial charge >= 0.3 is 5.97 Å². The molecule has 0 bridgehead atoms. The fraction of sp³-hybridized carbons (Fsp3) is 0.857. The second-order valence-corrected chi connectivity index (χ2v) is 3.20. The summed E-state index contributed by atoms with van der Waals surface area (Å²) in [4.78, 5) is 15.8. The lowest BCUT2D eigenvalue weighted by Crippen LogP contribution is -2.13. The van der Waals surface area contributed by atoms with Crippen molar-refractivity contribution >= 4 is 17.6 Å². The van der Waals surface area contributed by atoms with Gasteiger partial charge in [0.05, 0.1) is 13.2 Å². The lowest BCUT2D eigenvalue weighted by atomic mass is 10.1. The van der Waals surface area contributed by atoms with Crippen LogP contribution in [0.15, 0.2) is 0 Å². The van der Waals surface area contributed by atoms with Gasteiger partial charge in [-0.15, -0.1) is 11.6 Å². The number of halogens is 1. The van der Waals surface area contributed by atoms with Gasteiger partial charge in [-0.1, -0.05) is 0 Å². The fourth-order valence-electron chi connectivity index (χ4n) is 1.05. The van der Waals surface area contributed by atoms with E-state index in [1.54, 1.807) is 0 Å². The molecule has 1 N–H and O–H groups in total. The molecule has 4 nitrogen and oxygen atoms in total. The second kappa shape index (κ2) is 4.64. The van der Waals surface area contributed by atoms with Gasteiger partial charge in [0.2, 0.25) is 0 Å². The largest absolute Gasteiger partial charge is 0.469 e. The highest BCUT2D eigenvalue weighted by Crippen LogP contribution is 2.17. The summed E-state index contributed by atoms with van der Waals surface area (Å²) >= 11 is 5.70. The zero-order valence-electron chi connectivity index (χ0n) is 6.88. The molecule has 1 aliphatic heterocycles. The van der Waals surface area contributed by atoms with Gasteiger partial charge in [-0.05, 0) is 6.42 Å². The Labute approximate surface area is 76.1 Å². The van der Waals surface area contributed by atoms with Crippen molar-refractivity contribution in [2.75, 3.05) is 7.11 Å². The quantitative estimate of drug-likeness (QED) is 0.409. The van der Waals surface area contributed by atoms with Crippen molar-refractivity contribution in [2.45, 2.75) is 30.9 Å². The summed E-state index contributed by atoms with van der Waals surface area (Å²) < 4.78 is 4.49. The third-order valence-corrected chi connectivity index (χ3v) is 2.00. The van der Waals surface area contributed by atoms with Crippen LogP contribution < -0.4 is 5.48 Å². The van der Waals surface area contributed by atoms with Crippen LogP contribution in [0.4, 0.5) is 0 Å². The number of hydrogen-bond donors (Lipinski definition) is 1. The van der Waals surface area contributed by atoms with Gasteiger partial charge in [-0.25, -0.2) is 0 Å². The van der Waals surface area contributed by atoms with E-state index in [0.717, 1.165) is 6.42 Å². The highest BCUT2D eigenvalue weighted by Gasteiger charge is 2.23.